The molecule has 6 nitrogen and oxygen atoms in total. The van der Waals surface area contributed by atoms with Crippen LogP contribution in [-0.4, -0.2) is 47.5 Å². The smallest absolute Gasteiger partial charge is 0.249 e. The number of para-hydroxylation sites is 1. The normalized spacial score (nSPS) is 30.6. The van der Waals surface area contributed by atoms with Gasteiger partial charge in [-0.25, -0.2) is 4.99 Å². The first kappa shape index (κ1) is 15.2. The molecule has 0 radical (unpaired) electrons. The van der Waals surface area contributed by atoms with Crippen LogP contribution in [0.5, 0.6) is 0 Å². The second-order valence-electron chi connectivity index (χ2n) is 6.54. The summed E-state index contributed by atoms with van der Waals surface area (Å²) in [7, 11) is 0. The van der Waals surface area contributed by atoms with E-state index in [1.807, 2.05) is 30.0 Å². The number of carbonyl (C=O) groups is 2. The van der Waals surface area contributed by atoms with E-state index in [9.17, 15) is 9.59 Å². The van der Waals surface area contributed by atoms with Crippen LogP contribution in [0.3, 0.4) is 0 Å². The Morgan fingerprint density at radius 1 is 1.38 bits per heavy atom. The van der Waals surface area contributed by atoms with Crippen molar-refractivity contribution >= 4 is 23.4 Å². The van der Waals surface area contributed by atoms with Crippen LogP contribution >= 0.6 is 0 Å². The molecule has 1 aromatic rings. The maximum atomic E-state index is 12.8. The highest BCUT2D eigenvalue weighted by Gasteiger charge is 2.57. The van der Waals surface area contributed by atoms with E-state index in [4.69, 9.17) is 4.74 Å². The van der Waals surface area contributed by atoms with Crippen molar-refractivity contribution in [3.63, 3.8) is 0 Å². The molecule has 3 heterocycles. The molecule has 3 aliphatic heterocycles. The predicted molar refractivity (Wildman–Crippen MR) is 89.9 cm³/mol. The molecule has 0 unspecified atom stereocenters. The number of nitrogens with zero attached hydrogens (tertiary/aromatic N) is 3. The molecule has 0 aliphatic carbocycles. The zero-order valence-electron chi connectivity index (χ0n) is 14.1. The van der Waals surface area contributed by atoms with Gasteiger partial charge >= 0.3 is 0 Å². The third kappa shape index (κ3) is 1.92. The quantitative estimate of drug-likeness (QED) is 0.791. The number of rotatable bonds is 1. The molecule has 1 aromatic carbocycles. The standard InChI is InChI=1S/C18H21N3O3/c1-4-24-16-15-9-13-12-7-5-6-8-14(12)20(11(3)22)17(13)21(15)18(23)10(2)19-16/h5-8,10,13,15,17H,4,9H2,1-3H3/t10-,13+,15+,17+/m0/s1. The van der Waals surface area contributed by atoms with E-state index in [1.54, 1.807) is 18.7 Å². The van der Waals surface area contributed by atoms with Crippen molar-refractivity contribution in [2.24, 2.45) is 4.99 Å². The zero-order chi connectivity index (χ0) is 17.0. The summed E-state index contributed by atoms with van der Waals surface area (Å²) in [5.74, 6) is 0.654. The van der Waals surface area contributed by atoms with Gasteiger partial charge in [-0.05, 0) is 31.9 Å². The number of ether oxygens (including phenoxy) is 1. The van der Waals surface area contributed by atoms with Gasteiger partial charge in [0, 0.05) is 18.5 Å². The molecular formula is C18H21N3O3. The lowest BCUT2D eigenvalue weighted by atomic mass is 9.96. The summed E-state index contributed by atoms with van der Waals surface area (Å²) in [4.78, 5) is 33.2. The second kappa shape index (κ2) is 5.33. The highest BCUT2D eigenvalue weighted by molar-refractivity contribution is 6.00. The van der Waals surface area contributed by atoms with Gasteiger partial charge in [0.2, 0.25) is 17.7 Å². The molecule has 0 N–H and O–H groups in total. The molecule has 0 bridgehead atoms. The summed E-state index contributed by atoms with van der Waals surface area (Å²) in [5.41, 5.74) is 2.04. The SMILES string of the molecule is CCOC1=N[C@@H](C)C(=O)N2[C@@H]1C[C@@H]1c3ccccc3N(C(C)=O)[C@@H]12. The fourth-order valence-electron chi connectivity index (χ4n) is 4.30. The summed E-state index contributed by atoms with van der Waals surface area (Å²) >= 11 is 0. The Morgan fingerprint density at radius 3 is 2.83 bits per heavy atom. The lowest BCUT2D eigenvalue weighted by Gasteiger charge is -2.38. The number of hydrogen-bond acceptors (Lipinski definition) is 4. The number of anilines is 1. The molecule has 4 atom stereocenters. The van der Waals surface area contributed by atoms with Crippen molar-refractivity contribution < 1.29 is 14.3 Å². The van der Waals surface area contributed by atoms with Crippen molar-refractivity contribution in [1.82, 2.24) is 4.90 Å². The Bertz CT molecular complexity index is 745. The van der Waals surface area contributed by atoms with Crippen LogP contribution in [0.1, 0.15) is 38.7 Å². The van der Waals surface area contributed by atoms with Crippen LogP contribution < -0.4 is 4.90 Å². The van der Waals surface area contributed by atoms with E-state index in [1.165, 1.54) is 0 Å². The van der Waals surface area contributed by atoms with E-state index < -0.39 is 6.04 Å². The first-order chi connectivity index (χ1) is 11.5. The fraction of sp³-hybridized carbons (Fsp3) is 0.500. The minimum atomic E-state index is -0.473. The van der Waals surface area contributed by atoms with Gasteiger partial charge in [0.1, 0.15) is 18.2 Å². The van der Waals surface area contributed by atoms with Gasteiger partial charge in [0.15, 0.2) is 0 Å². The molecule has 126 valence electrons. The first-order valence-corrected chi connectivity index (χ1v) is 8.46. The van der Waals surface area contributed by atoms with E-state index >= 15 is 0 Å². The van der Waals surface area contributed by atoms with E-state index in [2.05, 4.69) is 11.1 Å². The van der Waals surface area contributed by atoms with Crippen molar-refractivity contribution in [3.05, 3.63) is 29.8 Å². The summed E-state index contributed by atoms with van der Waals surface area (Å²) < 4.78 is 5.72. The maximum absolute atomic E-state index is 12.8. The third-order valence-corrected chi connectivity index (χ3v) is 5.17. The summed E-state index contributed by atoms with van der Waals surface area (Å²) in [6.45, 7) is 5.78. The van der Waals surface area contributed by atoms with Crippen molar-refractivity contribution in [2.45, 2.75) is 51.4 Å². The first-order valence-electron chi connectivity index (χ1n) is 8.46. The van der Waals surface area contributed by atoms with E-state index in [0.717, 1.165) is 17.7 Å². The van der Waals surface area contributed by atoms with Crippen LogP contribution in [0.2, 0.25) is 0 Å². The molecule has 24 heavy (non-hydrogen) atoms. The molecule has 3 aliphatic rings. The molecule has 0 spiro atoms. The maximum Gasteiger partial charge on any atom is 0.249 e. The minimum Gasteiger partial charge on any atom is -0.480 e. The Kier molecular flexibility index (Phi) is 3.37. The Balaban J connectivity index is 1.82. The minimum absolute atomic E-state index is 0.0324. The molecule has 6 heteroatoms. The number of aliphatic imine (C=N–C) groups is 1. The van der Waals surface area contributed by atoms with Gasteiger partial charge in [-0.2, -0.15) is 0 Å². The van der Waals surface area contributed by atoms with Gasteiger partial charge in [-0.1, -0.05) is 18.2 Å². The molecule has 0 aromatic heterocycles. The number of amides is 2. The topological polar surface area (TPSA) is 62.2 Å². The molecule has 1 saturated heterocycles. The van der Waals surface area contributed by atoms with Crippen LogP contribution in [0.15, 0.2) is 29.3 Å². The molecule has 0 saturated carbocycles. The highest BCUT2D eigenvalue weighted by Crippen LogP contribution is 2.50. The number of benzene rings is 1. The van der Waals surface area contributed by atoms with Crippen molar-refractivity contribution in [2.75, 3.05) is 11.5 Å². The predicted octanol–water partition coefficient (Wildman–Crippen LogP) is 1.90. The summed E-state index contributed by atoms with van der Waals surface area (Å²) in [5, 5.41) is 0. The summed E-state index contributed by atoms with van der Waals surface area (Å²) in [6, 6.07) is 7.27. The monoisotopic (exact) mass is 327 g/mol. The number of hydrogen-bond donors (Lipinski definition) is 0. The Morgan fingerprint density at radius 2 is 2.12 bits per heavy atom. The molecule has 1 fully saturated rings. The van der Waals surface area contributed by atoms with Crippen LogP contribution in [0, 0.1) is 0 Å². The van der Waals surface area contributed by atoms with Gasteiger partial charge in [0.25, 0.3) is 0 Å². The van der Waals surface area contributed by atoms with Gasteiger partial charge in [0.05, 0.1) is 6.61 Å². The van der Waals surface area contributed by atoms with Crippen LogP contribution in [0.4, 0.5) is 5.69 Å². The second-order valence-corrected chi connectivity index (χ2v) is 6.54. The average Bonchev–Trinajstić information content (AvgIpc) is 3.07. The van der Waals surface area contributed by atoms with Crippen LogP contribution in [-0.2, 0) is 14.3 Å². The lowest BCUT2D eigenvalue weighted by molar-refractivity contribution is -0.135. The molecular weight excluding hydrogens is 306 g/mol. The van der Waals surface area contributed by atoms with Gasteiger partial charge in [-0.15, -0.1) is 0 Å². The fourth-order valence-corrected chi connectivity index (χ4v) is 4.30. The van der Waals surface area contributed by atoms with Crippen LogP contribution in [0.25, 0.3) is 0 Å². The third-order valence-electron chi connectivity index (χ3n) is 5.17. The largest absolute Gasteiger partial charge is 0.480 e. The van der Waals surface area contributed by atoms with Crippen molar-refractivity contribution in [3.8, 4) is 0 Å². The molecule has 2 amide bonds. The molecule has 4 rings (SSSR count). The van der Waals surface area contributed by atoms with Crippen molar-refractivity contribution in [1.29, 1.82) is 0 Å². The lowest BCUT2D eigenvalue weighted by Crippen LogP contribution is -2.57. The van der Waals surface area contributed by atoms with Gasteiger partial charge < -0.3 is 9.64 Å². The Hall–Kier alpha value is -2.37. The zero-order valence-corrected chi connectivity index (χ0v) is 14.1. The number of carbonyl (C=O) groups excluding carboxylic acids is 2. The van der Waals surface area contributed by atoms with E-state index in [0.29, 0.717) is 12.5 Å². The highest BCUT2D eigenvalue weighted by atomic mass is 16.5. The van der Waals surface area contributed by atoms with Gasteiger partial charge in [-0.3, -0.25) is 14.5 Å². The average molecular weight is 327 g/mol. The summed E-state index contributed by atoms with van der Waals surface area (Å²) in [6.07, 6.45) is 0.466. The number of fused-ring (bicyclic) bond motifs is 5. The van der Waals surface area contributed by atoms with E-state index in [-0.39, 0.29) is 29.9 Å². The Labute approximate surface area is 141 Å².